The summed E-state index contributed by atoms with van der Waals surface area (Å²) >= 11 is 3.65. The molecule has 100 valence electrons. The zero-order valence-corrected chi connectivity index (χ0v) is 12.6. The molecule has 0 radical (unpaired) electrons. The van der Waals surface area contributed by atoms with E-state index in [4.69, 9.17) is 5.73 Å². The minimum Gasteiger partial charge on any atom is -0.369 e. The summed E-state index contributed by atoms with van der Waals surface area (Å²) < 4.78 is 1.18. The quantitative estimate of drug-likeness (QED) is 0.930. The molecule has 3 nitrogen and oxygen atoms in total. The summed E-state index contributed by atoms with van der Waals surface area (Å²) in [7, 11) is 2.21. The van der Waals surface area contributed by atoms with Crippen LogP contribution in [0.5, 0.6) is 0 Å². The molecular formula is C14H22BrN3. The van der Waals surface area contributed by atoms with Gasteiger partial charge in [-0.15, -0.1) is 0 Å². The van der Waals surface area contributed by atoms with Crippen LogP contribution in [0.25, 0.3) is 0 Å². The molecule has 0 saturated carbocycles. The molecule has 0 amide bonds. The topological polar surface area (TPSA) is 32.5 Å². The van der Waals surface area contributed by atoms with Crippen molar-refractivity contribution in [2.75, 3.05) is 38.1 Å². The van der Waals surface area contributed by atoms with Gasteiger partial charge in [-0.3, -0.25) is 0 Å². The molecule has 0 bridgehead atoms. The Hall–Kier alpha value is -0.580. The lowest BCUT2D eigenvalue weighted by atomic mass is 10.1. The maximum Gasteiger partial charge on any atom is 0.0511 e. The van der Waals surface area contributed by atoms with Gasteiger partial charge in [-0.1, -0.05) is 12.1 Å². The third-order valence-corrected chi connectivity index (χ3v) is 4.36. The average molecular weight is 312 g/mol. The lowest BCUT2D eigenvalue weighted by Crippen LogP contribution is -2.40. The van der Waals surface area contributed by atoms with Gasteiger partial charge in [-0.25, -0.2) is 0 Å². The van der Waals surface area contributed by atoms with E-state index >= 15 is 0 Å². The van der Waals surface area contributed by atoms with E-state index in [0.717, 1.165) is 32.6 Å². The van der Waals surface area contributed by atoms with Crippen molar-refractivity contribution in [1.82, 2.24) is 4.90 Å². The van der Waals surface area contributed by atoms with Crippen molar-refractivity contribution in [3.8, 4) is 0 Å². The van der Waals surface area contributed by atoms with E-state index in [2.05, 4.69) is 57.0 Å². The Morgan fingerprint density at radius 2 is 2.11 bits per heavy atom. The molecule has 1 aliphatic heterocycles. The van der Waals surface area contributed by atoms with Gasteiger partial charge in [0.15, 0.2) is 0 Å². The maximum absolute atomic E-state index is 5.73. The van der Waals surface area contributed by atoms with Crippen molar-refractivity contribution >= 4 is 21.6 Å². The summed E-state index contributed by atoms with van der Waals surface area (Å²) in [5.41, 5.74) is 7.03. The first-order valence-corrected chi connectivity index (χ1v) is 7.41. The number of nitrogens with zero attached hydrogens (tertiary/aromatic N) is 2. The molecule has 0 aliphatic carbocycles. The molecule has 2 rings (SSSR count). The fourth-order valence-corrected chi connectivity index (χ4v) is 3.15. The molecule has 1 aromatic rings. The van der Waals surface area contributed by atoms with Crippen LogP contribution in [0.3, 0.4) is 0 Å². The van der Waals surface area contributed by atoms with Crippen LogP contribution in [0.15, 0.2) is 28.7 Å². The van der Waals surface area contributed by atoms with Crippen LogP contribution < -0.4 is 10.6 Å². The van der Waals surface area contributed by atoms with Gasteiger partial charge in [0.1, 0.15) is 0 Å². The van der Waals surface area contributed by atoms with Gasteiger partial charge < -0.3 is 15.5 Å². The number of anilines is 1. The second-order valence-corrected chi connectivity index (χ2v) is 5.82. The Balaban J connectivity index is 2.15. The molecule has 18 heavy (non-hydrogen) atoms. The van der Waals surface area contributed by atoms with Crippen molar-refractivity contribution in [3.05, 3.63) is 28.7 Å². The predicted octanol–water partition coefficient (Wildman–Crippen LogP) is 2.31. The van der Waals surface area contributed by atoms with Gasteiger partial charge in [-0.05, 0) is 61.0 Å². The third kappa shape index (κ3) is 3.25. The first-order valence-electron chi connectivity index (χ1n) is 6.62. The van der Waals surface area contributed by atoms with Crippen LogP contribution in [-0.2, 0) is 0 Å². The Kier molecular flexibility index (Phi) is 5.03. The van der Waals surface area contributed by atoms with E-state index in [1.54, 1.807) is 0 Å². The van der Waals surface area contributed by atoms with Crippen LogP contribution in [-0.4, -0.2) is 44.2 Å². The molecular weight excluding hydrogens is 290 g/mol. The summed E-state index contributed by atoms with van der Waals surface area (Å²) in [6, 6.07) is 9.03. The van der Waals surface area contributed by atoms with Crippen LogP contribution in [0.1, 0.15) is 12.8 Å². The molecule has 1 heterocycles. The predicted molar refractivity (Wildman–Crippen MR) is 81.1 cm³/mol. The molecule has 1 saturated heterocycles. The van der Waals surface area contributed by atoms with Gasteiger partial charge >= 0.3 is 0 Å². The van der Waals surface area contributed by atoms with Crippen molar-refractivity contribution < 1.29 is 0 Å². The lowest BCUT2D eigenvalue weighted by molar-refractivity contribution is 0.251. The van der Waals surface area contributed by atoms with Crippen molar-refractivity contribution in [2.45, 2.75) is 18.9 Å². The second-order valence-electron chi connectivity index (χ2n) is 4.96. The standard InChI is InChI=1S/C14H22BrN3/c1-17-9-4-10-18(11-12(17)7-8-16)14-6-3-2-5-13(14)15/h2-3,5-6,12H,4,7-11,16H2,1H3. The molecule has 0 spiro atoms. The summed E-state index contributed by atoms with van der Waals surface area (Å²) in [6.45, 7) is 4.11. The highest BCUT2D eigenvalue weighted by molar-refractivity contribution is 9.10. The summed E-state index contributed by atoms with van der Waals surface area (Å²) in [4.78, 5) is 4.93. The second kappa shape index (κ2) is 6.55. The highest BCUT2D eigenvalue weighted by atomic mass is 79.9. The molecule has 4 heteroatoms. The van der Waals surface area contributed by atoms with Crippen LogP contribution >= 0.6 is 15.9 Å². The van der Waals surface area contributed by atoms with Crippen molar-refractivity contribution in [1.29, 1.82) is 0 Å². The number of hydrogen-bond acceptors (Lipinski definition) is 3. The van der Waals surface area contributed by atoms with E-state index in [1.165, 1.54) is 16.6 Å². The SMILES string of the molecule is CN1CCCN(c2ccccc2Br)CC1CCN. The number of nitrogens with two attached hydrogens (primary N) is 1. The molecule has 1 aliphatic rings. The van der Waals surface area contributed by atoms with Crippen LogP contribution in [0, 0.1) is 0 Å². The Morgan fingerprint density at radius 3 is 2.83 bits per heavy atom. The zero-order chi connectivity index (χ0) is 13.0. The van der Waals surface area contributed by atoms with E-state index in [9.17, 15) is 0 Å². The van der Waals surface area contributed by atoms with Gasteiger partial charge in [-0.2, -0.15) is 0 Å². The fraction of sp³-hybridized carbons (Fsp3) is 0.571. The molecule has 1 aromatic carbocycles. The minimum atomic E-state index is 0.560. The highest BCUT2D eigenvalue weighted by Crippen LogP contribution is 2.27. The number of halogens is 1. The fourth-order valence-electron chi connectivity index (χ4n) is 2.61. The monoisotopic (exact) mass is 311 g/mol. The van der Waals surface area contributed by atoms with Gasteiger partial charge in [0, 0.05) is 23.6 Å². The maximum atomic E-state index is 5.73. The first kappa shape index (κ1) is 13.8. The molecule has 1 unspecified atom stereocenters. The van der Waals surface area contributed by atoms with Gasteiger partial charge in [0.25, 0.3) is 0 Å². The van der Waals surface area contributed by atoms with Crippen molar-refractivity contribution in [3.63, 3.8) is 0 Å². The van der Waals surface area contributed by atoms with Gasteiger partial charge in [0.05, 0.1) is 5.69 Å². The number of rotatable bonds is 3. The summed E-state index contributed by atoms with van der Waals surface area (Å²) in [6.07, 6.45) is 2.27. The van der Waals surface area contributed by atoms with E-state index in [-0.39, 0.29) is 0 Å². The Morgan fingerprint density at radius 1 is 1.33 bits per heavy atom. The van der Waals surface area contributed by atoms with Crippen LogP contribution in [0.2, 0.25) is 0 Å². The number of likely N-dealkylation sites (N-methyl/N-ethyl adjacent to an activating group) is 1. The van der Waals surface area contributed by atoms with E-state index < -0.39 is 0 Å². The summed E-state index contributed by atoms with van der Waals surface area (Å²) in [5.74, 6) is 0. The number of hydrogen-bond donors (Lipinski definition) is 1. The Bertz CT molecular complexity index is 383. The van der Waals surface area contributed by atoms with Crippen molar-refractivity contribution in [2.24, 2.45) is 5.73 Å². The molecule has 2 N–H and O–H groups in total. The molecule has 1 atom stereocenters. The number of benzene rings is 1. The minimum absolute atomic E-state index is 0.560. The van der Waals surface area contributed by atoms with E-state index in [0.29, 0.717) is 6.04 Å². The summed E-state index contributed by atoms with van der Waals surface area (Å²) in [5, 5.41) is 0. The average Bonchev–Trinajstić information content (AvgIpc) is 2.54. The third-order valence-electron chi connectivity index (χ3n) is 3.69. The molecule has 0 aromatic heterocycles. The largest absolute Gasteiger partial charge is 0.369 e. The molecule has 1 fully saturated rings. The van der Waals surface area contributed by atoms with Gasteiger partial charge in [0.2, 0.25) is 0 Å². The number of para-hydroxylation sites is 1. The smallest absolute Gasteiger partial charge is 0.0511 e. The lowest BCUT2D eigenvalue weighted by Gasteiger charge is -2.30. The highest BCUT2D eigenvalue weighted by Gasteiger charge is 2.22. The normalized spacial score (nSPS) is 21.9. The Labute approximate surface area is 118 Å². The first-order chi connectivity index (χ1) is 8.72. The van der Waals surface area contributed by atoms with E-state index in [1.807, 2.05) is 0 Å². The zero-order valence-electron chi connectivity index (χ0n) is 11.0. The van der Waals surface area contributed by atoms with Crippen LogP contribution in [0.4, 0.5) is 5.69 Å².